The van der Waals surface area contributed by atoms with Crippen molar-refractivity contribution in [3.63, 3.8) is 0 Å². The summed E-state index contributed by atoms with van der Waals surface area (Å²) in [7, 11) is 1.66. The van der Waals surface area contributed by atoms with Crippen LogP contribution in [-0.2, 0) is 19.0 Å². The Morgan fingerprint density at radius 1 is 0.727 bits per heavy atom. The van der Waals surface area contributed by atoms with Crippen molar-refractivity contribution in [2.45, 2.75) is 31.9 Å². The molecule has 7 rings (SSSR count). The molecule has 1 aromatic heterocycles. The van der Waals surface area contributed by atoms with E-state index in [-0.39, 0.29) is 6.61 Å². The van der Waals surface area contributed by atoms with Crippen LogP contribution in [0.1, 0.15) is 29.7 Å². The lowest BCUT2D eigenvalue weighted by Gasteiger charge is -2.13. The number of aliphatic hydroxyl groups excluding tert-OH is 1. The molecule has 5 aromatic rings. The van der Waals surface area contributed by atoms with E-state index in [1.54, 1.807) is 7.11 Å². The van der Waals surface area contributed by atoms with Gasteiger partial charge in [0, 0.05) is 17.7 Å². The number of fused-ring (bicyclic) bond motifs is 2. The lowest BCUT2D eigenvalue weighted by molar-refractivity contribution is -0.137. The van der Waals surface area contributed by atoms with Gasteiger partial charge in [-0.25, -0.2) is 4.68 Å². The lowest BCUT2D eigenvalue weighted by Crippen LogP contribution is -2.04. The molecule has 0 amide bonds. The van der Waals surface area contributed by atoms with Gasteiger partial charge in [-0.05, 0) is 102 Å². The Morgan fingerprint density at radius 2 is 1.23 bits per heavy atom. The number of halogens is 3. The monoisotopic (exact) mass is 594 g/mol. The fourth-order valence-corrected chi connectivity index (χ4v) is 6.96. The Hall–Kier alpha value is -4.36. The molecule has 1 N–H and O–H groups in total. The first kappa shape index (κ1) is 28.4. The summed E-state index contributed by atoms with van der Waals surface area (Å²) in [5.41, 5.74) is 8.51. The molecular formula is C37H33F3N2O2. The maximum atomic E-state index is 13.1. The highest BCUT2D eigenvalue weighted by Crippen LogP contribution is 2.53. The second kappa shape index (κ2) is 11.3. The molecule has 1 fully saturated rings. The second-order valence-electron chi connectivity index (χ2n) is 11.9. The normalized spacial score (nSPS) is 19.4. The van der Waals surface area contributed by atoms with E-state index in [1.807, 2.05) is 48.5 Å². The van der Waals surface area contributed by atoms with Crippen LogP contribution in [0.15, 0.2) is 97.1 Å². The zero-order valence-corrected chi connectivity index (χ0v) is 24.4. The summed E-state index contributed by atoms with van der Waals surface area (Å²) in [6.07, 6.45) is -0.528. The van der Waals surface area contributed by atoms with E-state index in [1.165, 1.54) is 17.7 Å². The summed E-state index contributed by atoms with van der Waals surface area (Å²) >= 11 is 0. The Kier molecular flexibility index (Phi) is 7.29. The first-order chi connectivity index (χ1) is 21.3. The van der Waals surface area contributed by atoms with Crippen LogP contribution in [0.2, 0.25) is 0 Å². The number of aliphatic hydroxyl groups is 1. The van der Waals surface area contributed by atoms with Crippen LogP contribution in [0.4, 0.5) is 13.2 Å². The molecule has 2 aliphatic rings. The maximum absolute atomic E-state index is 13.1. The van der Waals surface area contributed by atoms with Crippen LogP contribution in [0, 0.1) is 17.8 Å². The summed E-state index contributed by atoms with van der Waals surface area (Å²) in [6, 6.07) is 29.7. The van der Waals surface area contributed by atoms with Gasteiger partial charge >= 0.3 is 6.18 Å². The third-order valence-corrected chi connectivity index (χ3v) is 9.47. The number of rotatable bonds is 6. The molecular weight excluding hydrogens is 561 g/mol. The van der Waals surface area contributed by atoms with Gasteiger partial charge in [0.15, 0.2) is 0 Å². The number of hydrogen-bond acceptors (Lipinski definition) is 3. The zero-order valence-electron chi connectivity index (χ0n) is 24.4. The van der Waals surface area contributed by atoms with E-state index >= 15 is 0 Å². The fraction of sp³-hybridized carbons (Fsp3) is 0.270. The number of aromatic nitrogens is 2. The molecule has 4 aromatic carbocycles. The number of ether oxygens (including phenoxy) is 1. The zero-order chi connectivity index (χ0) is 30.4. The van der Waals surface area contributed by atoms with Crippen LogP contribution in [0.25, 0.3) is 39.2 Å². The third-order valence-electron chi connectivity index (χ3n) is 9.47. The molecule has 2 aliphatic carbocycles. The summed E-state index contributed by atoms with van der Waals surface area (Å²) in [4.78, 5) is 0. The average molecular weight is 595 g/mol. The van der Waals surface area contributed by atoms with Gasteiger partial charge in [0.2, 0.25) is 0 Å². The molecule has 4 nitrogen and oxygen atoms in total. The van der Waals surface area contributed by atoms with Gasteiger partial charge in [0.05, 0.1) is 29.7 Å². The van der Waals surface area contributed by atoms with Crippen LogP contribution >= 0.6 is 0 Å². The number of hydrogen-bond donors (Lipinski definition) is 1. The van der Waals surface area contributed by atoms with Crippen LogP contribution in [0.5, 0.6) is 5.75 Å². The topological polar surface area (TPSA) is 47.3 Å². The molecule has 0 bridgehead atoms. The van der Waals surface area contributed by atoms with E-state index in [0.717, 1.165) is 88.5 Å². The quantitative estimate of drug-likeness (QED) is 0.214. The molecule has 1 heterocycles. The Labute approximate surface area is 254 Å². The third kappa shape index (κ3) is 5.30. The fourth-order valence-electron chi connectivity index (χ4n) is 6.96. The number of benzene rings is 4. The van der Waals surface area contributed by atoms with Gasteiger partial charge in [0.1, 0.15) is 5.75 Å². The molecule has 0 radical (unpaired) electrons. The summed E-state index contributed by atoms with van der Waals surface area (Å²) < 4.78 is 46.6. The molecule has 3 atom stereocenters. The van der Waals surface area contributed by atoms with Crippen molar-refractivity contribution >= 4 is 0 Å². The van der Waals surface area contributed by atoms with E-state index < -0.39 is 11.7 Å². The summed E-state index contributed by atoms with van der Waals surface area (Å²) in [5.74, 6) is 2.36. The second-order valence-corrected chi connectivity index (χ2v) is 11.9. The SMILES string of the molecule is COc1ccc(-c2ccc(-n3nc4c(c3-c3ccc(-c5ccc(C(F)(F)F)cc5)cc3)CC[C@H]3[C@@H](CO)[C@H]3CC4)cc2)cc1. The van der Waals surface area contributed by atoms with Crippen molar-refractivity contribution in [2.75, 3.05) is 13.7 Å². The van der Waals surface area contributed by atoms with Gasteiger partial charge in [-0.1, -0.05) is 60.7 Å². The van der Waals surface area contributed by atoms with Gasteiger partial charge in [0.25, 0.3) is 0 Å². The number of nitrogens with zero attached hydrogens (tertiary/aromatic N) is 2. The number of alkyl halides is 3. The van der Waals surface area contributed by atoms with Crippen molar-refractivity contribution in [1.82, 2.24) is 9.78 Å². The Balaban J connectivity index is 1.25. The van der Waals surface area contributed by atoms with Crippen molar-refractivity contribution in [1.29, 1.82) is 0 Å². The molecule has 1 saturated carbocycles. The number of aryl methyl sites for hydroxylation is 1. The molecule has 0 saturated heterocycles. The minimum Gasteiger partial charge on any atom is -0.497 e. The molecule has 7 heteroatoms. The van der Waals surface area contributed by atoms with Crippen molar-refractivity contribution in [2.24, 2.45) is 17.8 Å². The lowest BCUT2D eigenvalue weighted by atomic mass is 9.94. The van der Waals surface area contributed by atoms with Crippen molar-refractivity contribution in [3.8, 4) is 44.9 Å². The number of methoxy groups -OCH3 is 1. The predicted octanol–water partition coefficient (Wildman–Crippen LogP) is 8.63. The highest BCUT2D eigenvalue weighted by Gasteiger charge is 2.49. The first-order valence-corrected chi connectivity index (χ1v) is 15.1. The highest BCUT2D eigenvalue weighted by atomic mass is 19.4. The highest BCUT2D eigenvalue weighted by molar-refractivity contribution is 5.73. The molecule has 44 heavy (non-hydrogen) atoms. The van der Waals surface area contributed by atoms with E-state index in [2.05, 4.69) is 28.9 Å². The summed E-state index contributed by atoms with van der Waals surface area (Å²) in [5, 5.41) is 15.0. The van der Waals surface area contributed by atoms with Gasteiger partial charge in [-0.15, -0.1) is 0 Å². The van der Waals surface area contributed by atoms with Gasteiger partial charge in [-0.2, -0.15) is 18.3 Å². The van der Waals surface area contributed by atoms with Crippen molar-refractivity contribution < 1.29 is 23.0 Å². The van der Waals surface area contributed by atoms with E-state index in [0.29, 0.717) is 17.8 Å². The van der Waals surface area contributed by atoms with Crippen LogP contribution < -0.4 is 4.74 Å². The predicted molar refractivity (Wildman–Crippen MR) is 166 cm³/mol. The van der Waals surface area contributed by atoms with Crippen LogP contribution in [0.3, 0.4) is 0 Å². The Morgan fingerprint density at radius 3 is 1.77 bits per heavy atom. The minimum absolute atomic E-state index is 0.256. The van der Waals surface area contributed by atoms with E-state index in [9.17, 15) is 18.3 Å². The Bertz CT molecular complexity index is 1760. The average Bonchev–Trinajstić information content (AvgIpc) is 3.60. The van der Waals surface area contributed by atoms with E-state index in [4.69, 9.17) is 9.84 Å². The molecule has 224 valence electrons. The van der Waals surface area contributed by atoms with Gasteiger partial charge < -0.3 is 9.84 Å². The smallest absolute Gasteiger partial charge is 0.416 e. The minimum atomic E-state index is -4.36. The molecule has 0 spiro atoms. The molecule has 0 unspecified atom stereocenters. The maximum Gasteiger partial charge on any atom is 0.416 e. The largest absolute Gasteiger partial charge is 0.497 e. The standard InChI is InChI=1S/C37H33F3N2O2/c1-44-30-16-10-26(11-17-30)25-8-14-29(15-9-25)42-36(33-19-18-31-32(34(31)22-43)20-21-35(33)41-42)27-4-2-23(3-5-27)24-6-12-28(13-7-24)37(38,39)40/h2-17,31-32,34,43H,18-22H2,1H3/t31-,32+,34-/m1/s1. The van der Waals surface area contributed by atoms with Gasteiger partial charge in [-0.3, -0.25) is 0 Å². The first-order valence-electron chi connectivity index (χ1n) is 15.1. The molecule has 0 aliphatic heterocycles. The summed E-state index contributed by atoms with van der Waals surface area (Å²) in [6.45, 7) is 0.256. The van der Waals surface area contributed by atoms with Crippen molar-refractivity contribution in [3.05, 3.63) is 114 Å². The van der Waals surface area contributed by atoms with Crippen LogP contribution in [-0.4, -0.2) is 28.6 Å².